The maximum atomic E-state index is 5.66. The molecule has 1 aromatic heterocycles. The molecule has 2 aromatic rings. The van der Waals surface area contributed by atoms with Gasteiger partial charge in [-0.25, -0.2) is 0 Å². The fourth-order valence-corrected chi connectivity index (χ4v) is 2.82. The van der Waals surface area contributed by atoms with E-state index in [2.05, 4.69) is 27.9 Å². The van der Waals surface area contributed by atoms with Crippen LogP contribution in [0.2, 0.25) is 0 Å². The Balaban J connectivity index is 1.90. The average molecular weight is 291 g/mol. The summed E-state index contributed by atoms with van der Waals surface area (Å²) in [6, 6.07) is 6.19. The van der Waals surface area contributed by atoms with Gasteiger partial charge in [-0.2, -0.15) is 0 Å². The number of hydrogen-bond acceptors (Lipinski definition) is 6. The molecule has 106 valence electrons. The van der Waals surface area contributed by atoms with Crippen molar-refractivity contribution in [3.63, 3.8) is 0 Å². The van der Waals surface area contributed by atoms with Crippen LogP contribution in [0.25, 0.3) is 0 Å². The number of hydrogen-bond donors (Lipinski definition) is 1. The van der Waals surface area contributed by atoms with E-state index >= 15 is 0 Å². The molecule has 3 rings (SSSR count). The van der Waals surface area contributed by atoms with E-state index < -0.39 is 0 Å². The van der Waals surface area contributed by atoms with Gasteiger partial charge in [-0.05, 0) is 42.2 Å². The summed E-state index contributed by atoms with van der Waals surface area (Å²) in [5.74, 6) is 1.63. The highest BCUT2D eigenvalue weighted by Crippen LogP contribution is 2.34. The van der Waals surface area contributed by atoms with Crippen molar-refractivity contribution in [2.75, 3.05) is 19.8 Å². The Morgan fingerprint density at radius 1 is 1.30 bits per heavy atom. The summed E-state index contributed by atoms with van der Waals surface area (Å²) in [6.07, 6.45) is 2.89. The van der Waals surface area contributed by atoms with Crippen LogP contribution in [0.15, 0.2) is 24.4 Å². The molecule has 5 nitrogen and oxygen atoms in total. The summed E-state index contributed by atoms with van der Waals surface area (Å²) in [5.41, 5.74) is 1.15. The summed E-state index contributed by atoms with van der Waals surface area (Å²) in [5, 5.41) is 7.47. The Hall–Kier alpha value is -1.66. The molecule has 0 bridgehead atoms. The van der Waals surface area contributed by atoms with Crippen molar-refractivity contribution < 1.29 is 9.47 Å². The summed E-state index contributed by atoms with van der Waals surface area (Å²) < 4.78 is 15.2. The SMILES string of the molecule is CCCNC(c1ccc2c(c1)OCCO2)c1cnns1. The van der Waals surface area contributed by atoms with Crippen LogP contribution in [0.3, 0.4) is 0 Å². The van der Waals surface area contributed by atoms with E-state index in [1.54, 1.807) is 0 Å². The molecule has 2 heterocycles. The summed E-state index contributed by atoms with van der Waals surface area (Å²) >= 11 is 1.42. The number of benzene rings is 1. The molecule has 0 amide bonds. The predicted molar refractivity (Wildman–Crippen MR) is 77.5 cm³/mol. The molecule has 1 atom stereocenters. The van der Waals surface area contributed by atoms with Gasteiger partial charge in [0.1, 0.15) is 13.2 Å². The molecule has 0 radical (unpaired) electrons. The molecule has 1 aliphatic rings. The van der Waals surface area contributed by atoms with Crippen LogP contribution in [-0.2, 0) is 0 Å². The Morgan fingerprint density at radius 2 is 2.15 bits per heavy atom. The minimum absolute atomic E-state index is 0.103. The van der Waals surface area contributed by atoms with Gasteiger partial charge in [0.25, 0.3) is 0 Å². The van der Waals surface area contributed by atoms with Gasteiger partial charge in [-0.1, -0.05) is 17.5 Å². The number of rotatable bonds is 5. The van der Waals surface area contributed by atoms with E-state index in [4.69, 9.17) is 9.47 Å². The molecule has 0 spiro atoms. The van der Waals surface area contributed by atoms with Crippen molar-refractivity contribution in [1.82, 2.24) is 14.9 Å². The lowest BCUT2D eigenvalue weighted by Gasteiger charge is -2.22. The van der Waals surface area contributed by atoms with Crippen LogP contribution in [0, 0.1) is 0 Å². The molecule has 6 heteroatoms. The molecule has 1 aliphatic heterocycles. The van der Waals surface area contributed by atoms with Gasteiger partial charge in [-0.3, -0.25) is 0 Å². The van der Waals surface area contributed by atoms with Gasteiger partial charge in [-0.15, -0.1) is 5.10 Å². The Labute approximate surface area is 122 Å². The van der Waals surface area contributed by atoms with Crippen LogP contribution in [0.5, 0.6) is 11.5 Å². The van der Waals surface area contributed by atoms with Crippen LogP contribution in [-0.4, -0.2) is 29.3 Å². The van der Waals surface area contributed by atoms with Crippen molar-refractivity contribution in [3.8, 4) is 11.5 Å². The normalized spacial score (nSPS) is 15.1. The summed E-state index contributed by atoms with van der Waals surface area (Å²) in [4.78, 5) is 1.11. The average Bonchev–Trinajstić information content (AvgIpc) is 3.02. The summed E-state index contributed by atoms with van der Waals surface area (Å²) in [7, 11) is 0. The molecule has 1 unspecified atom stereocenters. The first-order chi connectivity index (χ1) is 9.88. The summed E-state index contributed by atoms with van der Waals surface area (Å²) in [6.45, 7) is 4.31. The number of ether oxygens (including phenoxy) is 2. The minimum atomic E-state index is 0.103. The van der Waals surface area contributed by atoms with Crippen molar-refractivity contribution in [3.05, 3.63) is 34.8 Å². The molecule has 0 saturated heterocycles. The standard InChI is InChI=1S/C14H17N3O2S/c1-2-5-15-14(13-9-16-17-20-13)10-3-4-11-12(8-10)19-7-6-18-11/h3-4,8-9,14-15H,2,5-7H2,1H3. The lowest BCUT2D eigenvalue weighted by atomic mass is 10.0. The first-order valence-electron chi connectivity index (χ1n) is 6.78. The van der Waals surface area contributed by atoms with Crippen LogP contribution >= 0.6 is 11.5 Å². The van der Waals surface area contributed by atoms with Gasteiger partial charge >= 0.3 is 0 Å². The van der Waals surface area contributed by atoms with Gasteiger partial charge in [0, 0.05) is 0 Å². The van der Waals surface area contributed by atoms with E-state index in [9.17, 15) is 0 Å². The maximum absolute atomic E-state index is 5.66. The van der Waals surface area contributed by atoms with Crippen molar-refractivity contribution in [2.24, 2.45) is 0 Å². The highest BCUT2D eigenvalue weighted by Gasteiger charge is 2.19. The van der Waals surface area contributed by atoms with Crippen LogP contribution < -0.4 is 14.8 Å². The smallest absolute Gasteiger partial charge is 0.161 e. The second kappa shape index (κ2) is 6.19. The van der Waals surface area contributed by atoms with Crippen LogP contribution in [0.4, 0.5) is 0 Å². The molecule has 20 heavy (non-hydrogen) atoms. The monoisotopic (exact) mass is 291 g/mol. The zero-order valence-corrected chi connectivity index (χ0v) is 12.2. The number of nitrogens with one attached hydrogen (secondary N) is 1. The van der Waals surface area contributed by atoms with Crippen LogP contribution in [0.1, 0.15) is 29.8 Å². The third-order valence-electron chi connectivity index (χ3n) is 3.16. The van der Waals surface area contributed by atoms with E-state index in [1.807, 2.05) is 18.3 Å². The molecular formula is C14H17N3O2S. The zero-order chi connectivity index (χ0) is 13.8. The quantitative estimate of drug-likeness (QED) is 0.916. The zero-order valence-electron chi connectivity index (χ0n) is 11.3. The van der Waals surface area contributed by atoms with E-state index in [0.717, 1.165) is 34.9 Å². The van der Waals surface area contributed by atoms with Gasteiger partial charge < -0.3 is 14.8 Å². The predicted octanol–water partition coefficient (Wildman–Crippen LogP) is 2.40. The minimum Gasteiger partial charge on any atom is -0.486 e. The number of fused-ring (bicyclic) bond motifs is 1. The lowest BCUT2D eigenvalue weighted by molar-refractivity contribution is 0.171. The maximum Gasteiger partial charge on any atom is 0.161 e. The van der Waals surface area contributed by atoms with E-state index in [-0.39, 0.29) is 6.04 Å². The molecule has 0 aliphatic carbocycles. The fourth-order valence-electron chi connectivity index (χ4n) is 2.21. The van der Waals surface area contributed by atoms with Gasteiger partial charge in [0.2, 0.25) is 0 Å². The number of nitrogens with zero attached hydrogens (tertiary/aromatic N) is 2. The highest BCUT2D eigenvalue weighted by atomic mass is 32.1. The molecule has 0 fully saturated rings. The second-order valence-corrected chi connectivity index (χ2v) is 5.43. The third-order valence-corrected chi connectivity index (χ3v) is 3.89. The van der Waals surface area contributed by atoms with Crippen molar-refractivity contribution in [1.29, 1.82) is 0 Å². The van der Waals surface area contributed by atoms with Crippen molar-refractivity contribution >= 4 is 11.5 Å². The third kappa shape index (κ3) is 2.76. The molecule has 1 N–H and O–H groups in total. The van der Waals surface area contributed by atoms with E-state index in [1.165, 1.54) is 11.5 Å². The lowest BCUT2D eigenvalue weighted by Crippen LogP contribution is -2.23. The first kappa shape index (κ1) is 13.3. The molecular weight excluding hydrogens is 274 g/mol. The van der Waals surface area contributed by atoms with Crippen molar-refractivity contribution in [2.45, 2.75) is 19.4 Å². The Bertz CT molecular complexity index is 560. The molecule has 1 aromatic carbocycles. The Kier molecular flexibility index (Phi) is 4.13. The topological polar surface area (TPSA) is 56.3 Å². The number of aromatic nitrogens is 2. The van der Waals surface area contributed by atoms with Gasteiger partial charge in [0.15, 0.2) is 11.5 Å². The Morgan fingerprint density at radius 3 is 2.90 bits per heavy atom. The largest absolute Gasteiger partial charge is 0.486 e. The van der Waals surface area contributed by atoms with E-state index in [0.29, 0.717) is 13.2 Å². The highest BCUT2D eigenvalue weighted by molar-refractivity contribution is 7.05. The second-order valence-electron chi connectivity index (χ2n) is 4.61. The first-order valence-corrected chi connectivity index (χ1v) is 7.56. The van der Waals surface area contributed by atoms with Gasteiger partial charge in [0.05, 0.1) is 17.1 Å². The molecule has 0 saturated carbocycles. The fraction of sp³-hybridized carbons (Fsp3) is 0.429.